The Hall–Kier alpha value is -1.00. The van der Waals surface area contributed by atoms with Crippen LogP contribution in [0.5, 0.6) is 0 Å². The normalized spacial score (nSPS) is 11.5. The molecule has 0 atom stereocenters. The third-order valence-electron chi connectivity index (χ3n) is 2.63. The van der Waals surface area contributed by atoms with Crippen molar-refractivity contribution in [2.45, 2.75) is 25.4 Å². The molecule has 0 radical (unpaired) electrons. The van der Waals surface area contributed by atoms with Gasteiger partial charge in [-0.1, -0.05) is 19.9 Å². The van der Waals surface area contributed by atoms with Gasteiger partial charge in [-0.05, 0) is 30.9 Å². The molecule has 2 aromatic rings. The molecule has 0 aromatic carbocycles. The lowest BCUT2D eigenvalue weighted by Crippen LogP contribution is -2.20. The van der Waals surface area contributed by atoms with Gasteiger partial charge in [0, 0.05) is 12.7 Å². The molecule has 0 spiro atoms. The first kappa shape index (κ1) is 12.5. The number of fused-ring (bicyclic) bond motifs is 1. The van der Waals surface area contributed by atoms with Gasteiger partial charge >= 0.3 is 0 Å². The highest BCUT2D eigenvalue weighted by molar-refractivity contribution is 7.98. The minimum Gasteiger partial charge on any atom is -0.311 e. The van der Waals surface area contributed by atoms with E-state index in [0.717, 1.165) is 23.8 Å². The van der Waals surface area contributed by atoms with Crippen LogP contribution >= 0.6 is 11.8 Å². The lowest BCUT2D eigenvalue weighted by Gasteiger charge is -2.08. The lowest BCUT2D eigenvalue weighted by atomic mass is 10.2. The maximum Gasteiger partial charge on any atom is 0.138 e. The molecule has 17 heavy (non-hydrogen) atoms. The fourth-order valence-electron chi connectivity index (χ4n) is 1.83. The minimum absolute atomic E-state index is 0.673. The van der Waals surface area contributed by atoms with Gasteiger partial charge in [0.2, 0.25) is 0 Å². The van der Waals surface area contributed by atoms with E-state index in [-0.39, 0.29) is 0 Å². The van der Waals surface area contributed by atoms with Crippen molar-refractivity contribution in [2.24, 2.45) is 5.92 Å². The Morgan fingerprint density at radius 1 is 1.41 bits per heavy atom. The third kappa shape index (κ3) is 2.82. The van der Waals surface area contributed by atoms with E-state index < -0.39 is 0 Å². The van der Waals surface area contributed by atoms with E-state index in [1.165, 1.54) is 5.69 Å². The summed E-state index contributed by atoms with van der Waals surface area (Å²) in [7, 11) is 0. The second-order valence-electron chi connectivity index (χ2n) is 4.52. The van der Waals surface area contributed by atoms with Crippen molar-refractivity contribution >= 4 is 17.4 Å². The first-order chi connectivity index (χ1) is 8.22. The van der Waals surface area contributed by atoms with Gasteiger partial charge in [-0.2, -0.15) is 0 Å². The third-order valence-corrected chi connectivity index (χ3v) is 3.34. The zero-order valence-corrected chi connectivity index (χ0v) is 11.4. The van der Waals surface area contributed by atoms with Crippen LogP contribution in [0.25, 0.3) is 5.65 Å². The van der Waals surface area contributed by atoms with Crippen molar-refractivity contribution in [3.05, 3.63) is 30.1 Å². The van der Waals surface area contributed by atoms with Crippen LogP contribution in [0, 0.1) is 5.92 Å². The van der Waals surface area contributed by atoms with Crippen molar-refractivity contribution in [1.29, 1.82) is 0 Å². The largest absolute Gasteiger partial charge is 0.311 e. The van der Waals surface area contributed by atoms with Crippen LogP contribution in [-0.2, 0) is 6.54 Å². The van der Waals surface area contributed by atoms with Gasteiger partial charge in [0.05, 0.1) is 5.69 Å². The Balaban J connectivity index is 2.24. The van der Waals surface area contributed by atoms with Gasteiger partial charge in [0.15, 0.2) is 0 Å². The number of rotatable bonds is 5. The fraction of sp³-hybridized carbons (Fsp3) is 0.462. The Morgan fingerprint density at radius 3 is 2.94 bits per heavy atom. The second-order valence-corrected chi connectivity index (χ2v) is 5.32. The van der Waals surface area contributed by atoms with Crippen molar-refractivity contribution in [1.82, 2.24) is 14.7 Å². The average Bonchev–Trinajstić information content (AvgIpc) is 2.67. The molecular formula is C13H19N3S. The van der Waals surface area contributed by atoms with Gasteiger partial charge < -0.3 is 9.72 Å². The van der Waals surface area contributed by atoms with Crippen LogP contribution in [0.2, 0.25) is 0 Å². The molecule has 0 aliphatic heterocycles. The highest BCUT2D eigenvalue weighted by Crippen LogP contribution is 2.21. The molecule has 2 rings (SSSR count). The molecule has 0 bridgehead atoms. The number of hydrogen-bond donors (Lipinski definition) is 1. The minimum atomic E-state index is 0.673. The number of imidazole rings is 1. The van der Waals surface area contributed by atoms with E-state index in [1.54, 1.807) is 11.8 Å². The smallest absolute Gasteiger partial charge is 0.138 e. The molecular weight excluding hydrogens is 230 g/mol. The van der Waals surface area contributed by atoms with E-state index in [2.05, 4.69) is 41.0 Å². The lowest BCUT2D eigenvalue weighted by molar-refractivity contribution is 0.544. The van der Waals surface area contributed by atoms with Crippen molar-refractivity contribution in [2.75, 3.05) is 12.8 Å². The summed E-state index contributed by atoms with van der Waals surface area (Å²) in [5, 5.41) is 4.60. The van der Waals surface area contributed by atoms with E-state index >= 15 is 0 Å². The standard InChI is InChI=1S/C13H19N3S/c1-10(2)8-14-9-11-13(17-3)15-12-6-4-5-7-16(11)12/h4-7,10,14H,8-9H2,1-3H3. The van der Waals surface area contributed by atoms with Crippen LogP contribution in [0.3, 0.4) is 0 Å². The predicted octanol–water partition coefficient (Wildman–Crippen LogP) is 2.80. The molecule has 0 saturated heterocycles. The molecule has 0 aliphatic carbocycles. The first-order valence-corrected chi connectivity index (χ1v) is 7.15. The van der Waals surface area contributed by atoms with Crippen molar-refractivity contribution in [3.8, 4) is 0 Å². The molecule has 3 nitrogen and oxygen atoms in total. The van der Waals surface area contributed by atoms with Crippen molar-refractivity contribution < 1.29 is 0 Å². The predicted molar refractivity (Wildman–Crippen MR) is 73.5 cm³/mol. The number of nitrogens with zero attached hydrogens (tertiary/aromatic N) is 2. The number of aromatic nitrogens is 2. The molecule has 1 N–H and O–H groups in total. The summed E-state index contributed by atoms with van der Waals surface area (Å²) in [4.78, 5) is 4.61. The van der Waals surface area contributed by atoms with Gasteiger partial charge in [0.25, 0.3) is 0 Å². The molecule has 2 aromatic heterocycles. The molecule has 0 amide bonds. The Kier molecular flexibility index (Phi) is 4.07. The second kappa shape index (κ2) is 5.56. The highest BCUT2D eigenvalue weighted by atomic mass is 32.2. The maximum atomic E-state index is 4.61. The van der Waals surface area contributed by atoms with Gasteiger partial charge in [0.1, 0.15) is 10.7 Å². The highest BCUT2D eigenvalue weighted by Gasteiger charge is 2.10. The number of nitrogens with one attached hydrogen (secondary N) is 1. The summed E-state index contributed by atoms with van der Waals surface area (Å²) in [5.41, 5.74) is 2.28. The molecule has 92 valence electrons. The van der Waals surface area contributed by atoms with E-state index in [0.29, 0.717) is 5.92 Å². The summed E-state index contributed by atoms with van der Waals surface area (Å²) >= 11 is 1.71. The quantitative estimate of drug-likeness (QED) is 0.826. The summed E-state index contributed by atoms with van der Waals surface area (Å²) in [5.74, 6) is 0.673. The monoisotopic (exact) mass is 249 g/mol. The van der Waals surface area contributed by atoms with E-state index in [4.69, 9.17) is 0 Å². The van der Waals surface area contributed by atoms with E-state index in [1.807, 2.05) is 18.2 Å². The topological polar surface area (TPSA) is 29.3 Å². The Labute approximate surface area is 107 Å². The van der Waals surface area contributed by atoms with Gasteiger partial charge in [-0.3, -0.25) is 0 Å². The fourth-order valence-corrected chi connectivity index (χ4v) is 2.42. The number of hydrogen-bond acceptors (Lipinski definition) is 3. The first-order valence-electron chi connectivity index (χ1n) is 5.93. The number of thioether (sulfide) groups is 1. The van der Waals surface area contributed by atoms with Crippen LogP contribution in [-0.4, -0.2) is 22.2 Å². The molecule has 0 unspecified atom stereocenters. The van der Waals surface area contributed by atoms with Crippen LogP contribution in [0.1, 0.15) is 19.5 Å². The van der Waals surface area contributed by atoms with Crippen molar-refractivity contribution in [3.63, 3.8) is 0 Å². The molecule has 0 aliphatic rings. The van der Waals surface area contributed by atoms with Crippen LogP contribution < -0.4 is 5.32 Å². The van der Waals surface area contributed by atoms with Gasteiger partial charge in [-0.15, -0.1) is 11.8 Å². The molecule has 4 heteroatoms. The Bertz CT molecular complexity index is 490. The molecule has 0 saturated carbocycles. The summed E-state index contributed by atoms with van der Waals surface area (Å²) in [6, 6.07) is 6.12. The zero-order valence-electron chi connectivity index (χ0n) is 10.6. The van der Waals surface area contributed by atoms with Crippen LogP contribution in [0.4, 0.5) is 0 Å². The molecule has 2 heterocycles. The molecule has 0 fully saturated rings. The average molecular weight is 249 g/mol. The summed E-state index contributed by atoms with van der Waals surface area (Å²) < 4.78 is 2.17. The Morgan fingerprint density at radius 2 is 2.24 bits per heavy atom. The SMILES string of the molecule is CSc1nc2ccccn2c1CNCC(C)C. The van der Waals surface area contributed by atoms with Gasteiger partial charge in [-0.25, -0.2) is 4.98 Å². The summed E-state index contributed by atoms with van der Waals surface area (Å²) in [6.07, 6.45) is 4.15. The number of pyridine rings is 1. The van der Waals surface area contributed by atoms with E-state index in [9.17, 15) is 0 Å². The zero-order chi connectivity index (χ0) is 12.3. The maximum absolute atomic E-state index is 4.61. The summed E-state index contributed by atoms with van der Waals surface area (Å²) in [6.45, 7) is 6.35. The van der Waals surface area contributed by atoms with Crippen LogP contribution in [0.15, 0.2) is 29.4 Å².